The molecule has 112 valence electrons. The normalized spacial score (nSPS) is 10.6. The van der Waals surface area contributed by atoms with Crippen molar-refractivity contribution in [1.29, 1.82) is 0 Å². The summed E-state index contributed by atoms with van der Waals surface area (Å²) in [7, 11) is 0. The number of furan rings is 1. The summed E-state index contributed by atoms with van der Waals surface area (Å²) in [5.41, 5.74) is 1.28. The number of hydrogen-bond acceptors (Lipinski definition) is 3. The number of hydrogen-bond donors (Lipinski definition) is 1. The Morgan fingerprint density at radius 2 is 2.05 bits per heavy atom. The highest BCUT2D eigenvalue weighted by Gasteiger charge is 2.15. The maximum Gasteiger partial charge on any atom is 0.291 e. The lowest BCUT2D eigenvalue weighted by Gasteiger charge is -2.10. The Balaban J connectivity index is 1.89. The quantitative estimate of drug-likeness (QED) is 0.724. The zero-order chi connectivity index (χ0) is 15.5. The monoisotopic (exact) mass is 359 g/mol. The van der Waals surface area contributed by atoms with Crippen molar-refractivity contribution in [2.24, 2.45) is 0 Å². The van der Waals surface area contributed by atoms with Crippen LogP contribution in [0, 0.1) is 0 Å². The standard InChI is InChI=1S/C17H14BrNO3/c1-2-21-14-9-4-3-8-13(14)19-17(20)15-10-11-6-5-7-12(18)16(11)22-15/h3-10H,2H2,1H3,(H,19,20). The topological polar surface area (TPSA) is 51.5 Å². The van der Waals surface area contributed by atoms with Crippen LogP contribution >= 0.6 is 15.9 Å². The molecular formula is C17H14BrNO3. The zero-order valence-corrected chi connectivity index (χ0v) is 13.5. The lowest BCUT2D eigenvalue weighted by atomic mass is 10.2. The third-order valence-corrected chi connectivity index (χ3v) is 3.78. The first-order valence-electron chi connectivity index (χ1n) is 6.90. The van der Waals surface area contributed by atoms with Gasteiger partial charge in [-0.05, 0) is 47.1 Å². The number of rotatable bonds is 4. The second-order valence-electron chi connectivity index (χ2n) is 4.65. The van der Waals surface area contributed by atoms with Crippen LogP contribution in [0.4, 0.5) is 5.69 Å². The van der Waals surface area contributed by atoms with Crippen molar-refractivity contribution in [2.75, 3.05) is 11.9 Å². The second-order valence-corrected chi connectivity index (χ2v) is 5.51. The molecule has 3 rings (SSSR count). The van der Waals surface area contributed by atoms with Gasteiger partial charge in [0.15, 0.2) is 5.76 Å². The van der Waals surface area contributed by atoms with E-state index in [-0.39, 0.29) is 11.7 Å². The summed E-state index contributed by atoms with van der Waals surface area (Å²) in [5.74, 6) is 0.582. The molecule has 0 aliphatic rings. The molecular weight excluding hydrogens is 346 g/mol. The molecule has 0 saturated carbocycles. The number of amides is 1. The Labute approximate surface area is 136 Å². The number of nitrogens with one attached hydrogen (secondary N) is 1. The molecule has 5 heteroatoms. The summed E-state index contributed by atoms with van der Waals surface area (Å²) >= 11 is 3.41. The average molecular weight is 360 g/mol. The van der Waals surface area contributed by atoms with Gasteiger partial charge in [0.05, 0.1) is 16.8 Å². The molecule has 0 saturated heterocycles. The van der Waals surface area contributed by atoms with Gasteiger partial charge in [-0.3, -0.25) is 4.79 Å². The van der Waals surface area contributed by atoms with E-state index in [0.29, 0.717) is 23.6 Å². The lowest BCUT2D eigenvalue weighted by Crippen LogP contribution is -2.12. The highest BCUT2D eigenvalue weighted by Crippen LogP contribution is 2.28. The molecule has 4 nitrogen and oxygen atoms in total. The van der Waals surface area contributed by atoms with Crippen molar-refractivity contribution in [3.05, 3.63) is 58.8 Å². The SMILES string of the molecule is CCOc1ccccc1NC(=O)c1cc2cccc(Br)c2o1. The Hall–Kier alpha value is -2.27. The van der Waals surface area contributed by atoms with Crippen LogP contribution in [0.3, 0.4) is 0 Å². The molecule has 0 radical (unpaired) electrons. The van der Waals surface area contributed by atoms with E-state index in [0.717, 1.165) is 9.86 Å². The molecule has 0 aliphatic heterocycles. The first kappa shape index (κ1) is 14.7. The van der Waals surface area contributed by atoms with Gasteiger partial charge in [-0.1, -0.05) is 24.3 Å². The molecule has 1 aromatic heterocycles. The summed E-state index contributed by atoms with van der Waals surface area (Å²) in [6, 6.07) is 14.7. The molecule has 0 unspecified atom stereocenters. The number of fused-ring (bicyclic) bond motifs is 1. The van der Waals surface area contributed by atoms with Gasteiger partial charge in [0.25, 0.3) is 5.91 Å². The summed E-state index contributed by atoms with van der Waals surface area (Å²) in [4.78, 5) is 12.4. The van der Waals surface area contributed by atoms with Crippen molar-refractivity contribution < 1.29 is 13.9 Å². The van der Waals surface area contributed by atoms with Crippen LogP contribution in [0.25, 0.3) is 11.0 Å². The lowest BCUT2D eigenvalue weighted by molar-refractivity contribution is 0.0998. The molecule has 1 heterocycles. The molecule has 0 atom stereocenters. The van der Waals surface area contributed by atoms with E-state index in [4.69, 9.17) is 9.15 Å². The van der Waals surface area contributed by atoms with Crippen molar-refractivity contribution in [2.45, 2.75) is 6.92 Å². The van der Waals surface area contributed by atoms with Crippen LogP contribution in [0.2, 0.25) is 0 Å². The molecule has 2 aromatic carbocycles. The van der Waals surface area contributed by atoms with E-state index in [9.17, 15) is 4.79 Å². The maximum absolute atomic E-state index is 12.4. The Morgan fingerprint density at radius 3 is 2.82 bits per heavy atom. The van der Waals surface area contributed by atoms with Gasteiger partial charge in [0.2, 0.25) is 0 Å². The van der Waals surface area contributed by atoms with Crippen molar-refractivity contribution in [3.8, 4) is 5.75 Å². The van der Waals surface area contributed by atoms with Gasteiger partial charge in [-0.25, -0.2) is 0 Å². The number of para-hydroxylation sites is 3. The fourth-order valence-electron chi connectivity index (χ4n) is 2.17. The van der Waals surface area contributed by atoms with Crippen LogP contribution < -0.4 is 10.1 Å². The molecule has 0 bridgehead atoms. The predicted molar refractivity (Wildman–Crippen MR) is 89.5 cm³/mol. The first-order chi connectivity index (χ1) is 10.7. The van der Waals surface area contributed by atoms with Gasteiger partial charge < -0.3 is 14.5 Å². The minimum absolute atomic E-state index is 0.258. The fraction of sp³-hybridized carbons (Fsp3) is 0.118. The van der Waals surface area contributed by atoms with Crippen molar-refractivity contribution in [3.63, 3.8) is 0 Å². The van der Waals surface area contributed by atoms with Crippen molar-refractivity contribution >= 4 is 38.5 Å². The zero-order valence-electron chi connectivity index (χ0n) is 11.9. The van der Waals surface area contributed by atoms with Gasteiger partial charge in [0.1, 0.15) is 11.3 Å². The first-order valence-corrected chi connectivity index (χ1v) is 7.69. The Kier molecular flexibility index (Phi) is 4.15. The molecule has 0 fully saturated rings. The summed E-state index contributed by atoms with van der Waals surface area (Å²) in [6.07, 6.45) is 0. The number of benzene rings is 2. The van der Waals surface area contributed by atoms with Gasteiger partial charge in [0, 0.05) is 5.39 Å². The summed E-state index contributed by atoms with van der Waals surface area (Å²) in [5, 5.41) is 3.69. The number of ether oxygens (including phenoxy) is 1. The van der Waals surface area contributed by atoms with Crippen LogP contribution in [0.1, 0.15) is 17.5 Å². The molecule has 3 aromatic rings. The van der Waals surface area contributed by atoms with Crippen LogP contribution in [0.15, 0.2) is 57.4 Å². The van der Waals surface area contributed by atoms with Crippen molar-refractivity contribution in [1.82, 2.24) is 0 Å². The maximum atomic E-state index is 12.4. The van der Waals surface area contributed by atoms with Gasteiger partial charge >= 0.3 is 0 Å². The summed E-state index contributed by atoms with van der Waals surface area (Å²) in [6.45, 7) is 2.43. The molecule has 1 amide bonds. The number of carbonyl (C=O) groups excluding carboxylic acids is 1. The third kappa shape index (κ3) is 2.85. The second kappa shape index (κ2) is 6.23. The Bertz CT molecular complexity index is 826. The van der Waals surface area contributed by atoms with E-state index in [1.54, 1.807) is 12.1 Å². The third-order valence-electron chi connectivity index (χ3n) is 3.15. The van der Waals surface area contributed by atoms with E-state index in [2.05, 4.69) is 21.2 Å². The fourth-order valence-corrected chi connectivity index (χ4v) is 2.64. The minimum atomic E-state index is -0.310. The summed E-state index contributed by atoms with van der Waals surface area (Å²) < 4.78 is 12.0. The van der Waals surface area contributed by atoms with Crippen LogP contribution in [-0.4, -0.2) is 12.5 Å². The largest absolute Gasteiger partial charge is 0.492 e. The highest BCUT2D eigenvalue weighted by atomic mass is 79.9. The molecule has 1 N–H and O–H groups in total. The van der Waals surface area contributed by atoms with E-state index < -0.39 is 0 Å². The number of anilines is 1. The predicted octanol–water partition coefficient (Wildman–Crippen LogP) is 4.85. The van der Waals surface area contributed by atoms with Crippen LogP contribution in [-0.2, 0) is 0 Å². The van der Waals surface area contributed by atoms with E-state index in [1.165, 1.54) is 0 Å². The number of carbonyl (C=O) groups is 1. The van der Waals surface area contributed by atoms with Gasteiger partial charge in [-0.15, -0.1) is 0 Å². The van der Waals surface area contributed by atoms with E-state index >= 15 is 0 Å². The molecule has 0 spiro atoms. The van der Waals surface area contributed by atoms with Gasteiger partial charge in [-0.2, -0.15) is 0 Å². The average Bonchev–Trinajstić information content (AvgIpc) is 2.95. The molecule has 22 heavy (non-hydrogen) atoms. The van der Waals surface area contributed by atoms with E-state index in [1.807, 2.05) is 43.3 Å². The minimum Gasteiger partial charge on any atom is -0.492 e. The smallest absolute Gasteiger partial charge is 0.291 e. The highest BCUT2D eigenvalue weighted by molar-refractivity contribution is 9.10. The van der Waals surface area contributed by atoms with Crippen LogP contribution in [0.5, 0.6) is 5.75 Å². The molecule has 0 aliphatic carbocycles. The number of halogens is 1. The Morgan fingerprint density at radius 1 is 1.23 bits per heavy atom.